The minimum atomic E-state index is -1.22. The predicted octanol–water partition coefficient (Wildman–Crippen LogP) is 4.92. The second-order valence-electron chi connectivity index (χ2n) is 9.85. The van der Waals surface area contributed by atoms with Crippen LogP contribution in [0.5, 0.6) is 0 Å². The topological polar surface area (TPSA) is 20.9 Å². The quantitative estimate of drug-likeness (QED) is 0.167. The molecule has 1 heterocycles. The monoisotopic (exact) mass is 517 g/mol. The molecule has 0 saturated heterocycles. The van der Waals surface area contributed by atoms with Gasteiger partial charge >= 0.3 is 0 Å². The highest BCUT2D eigenvalue weighted by atomic mass is 16.1. The Hall–Kier alpha value is -5.02. The van der Waals surface area contributed by atoms with Crippen molar-refractivity contribution in [3.05, 3.63) is 188 Å². The fourth-order valence-electron chi connectivity index (χ4n) is 5.54. The van der Waals surface area contributed by atoms with Gasteiger partial charge in [0.25, 0.3) is 0 Å². The van der Waals surface area contributed by atoms with E-state index in [1.165, 1.54) is 21.9 Å². The van der Waals surface area contributed by atoms with E-state index < -0.39 is 6.15 Å². The van der Waals surface area contributed by atoms with Gasteiger partial charge in [-0.1, -0.05) is 158 Å². The highest BCUT2D eigenvalue weighted by Crippen LogP contribution is 2.09. The normalized spacial score (nSPS) is 10.7. The van der Waals surface area contributed by atoms with Crippen molar-refractivity contribution >= 4 is 33.8 Å². The molecule has 2 nitrogen and oxygen atoms in total. The van der Waals surface area contributed by atoms with Crippen molar-refractivity contribution in [2.24, 2.45) is 0 Å². The van der Waals surface area contributed by atoms with Crippen molar-refractivity contribution in [1.82, 2.24) is 0 Å². The molecule has 0 N–H and O–H groups in total. The van der Waals surface area contributed by atoms with Crippen molar-refractivity contribution in [3.63, 3.8) is 0 Å². The fourth-order valence-corrected chi connectivity index (χ4v) is 5.54. The van der Waals surface area contributed by atoms with E-state index in [9.17, 15) is 4.79 Å². The molecular formula is C37H32BNO. The zero-order chi connectivity index (χ0) is 27.5. The average Bonchev–Trinajstić information content (AvgIpc) is 3.05. The van der Waals surface area contributed by atoms with Crippen LogP contribution in [0.4, 0.5) is 0 Å². The lowest BCUT2D eigenvalue weighted by molar-refractivity contribution is -0.683. The maximum absolute atomic E-state index is 11.8. The third kappa shape index (κ3) is 6.00. The van der Waals surface area contributed by atoms with E-state index in [4.69, 9.17) is 0 Å². The van der Waals surface area contributed by atoms with Gasteiger partial charge in [-0.25, -0.2) is 0 Å². The van der Waals surface area contributed by atoms with Gasteiger partial charge < -0.3 is 0 Å². The second kappa shape index (κ2) is 13.2. The summed E-state index contributed by atoms with van der Waals surface area (Å²) in [5.74, 6) is 0.131. The van der Waals surface area contributed by atoms with Crippen LogP contribution < -0.4 is 26.4 Å². The summed E-state index contributed by atoms with van der Waals surface area (Å²) in [6, 6.07) is 58.6. The lowest BCUT2D eigenvalue weighted by Crippen LogP contribution is -2.74. The lowest BCUT2D eigenvalue weighted by atomic mass is 9.13. The largest absolute Gasteiger partial charge is 0.287 e. The van der Waals surface area contributed by atoms with E-state index >= 15 is 0 Å². The van der Waals surface area contributed by atoms with Crippen LogP contribution in [0, 0.1) is 0 Å². The number of hydrogen-bond acceptors (Lipinski definition) is 1. The SMILES string of the molecule is O=C(C[n+]1ccccc1)c1ccccc1.c1ccc([B-](c2ccccc2)(c2ccccc2)c2ccccc2)cc1. The average molecular weight is 517 g/mol. The summed E-state index contributed by atoms with van der Waals surface area (Å²) in [5.41, 5.74) is 6.11. The molecule has 0 aliphatic carbocycles. The summed E-state index contributed by atoms with van der Waals surface area (Å²) in [6.45, 7) is 0.394. The molecule has 5 aromatic carbocycles. The summed E-state index contributed by atoms with van der Waals surface area (Å²) < 4.78 is 1.87. The molecule has 0 aliphatic rings. The van der Waals surface area contributed by atoms with Crippen molar-refractivity contribution in [2.45, 2.75) is 6.54 Å². The molecule has 0 fully saturated rings. The van der Waals surface area contributed by atoms with E-state index in [0.717, 1.165) is 5.56 Å². The van der Waals surface area contributed by atoms with Crippen LogP contribution in [-0.2, 0) is 6.54 Å². The molecule has 3 heteroatoms. The van der Waals surface area contributed by atoms with Crippen LogP contribution in [-0.4, -0.2) is 11.9 Å². The zero-order valence-electron chi connectivity index (χ0n) is 22.5. The summed E-state index contributed by atoms with van der Waals surface area (Å²) in [4.78, 5) is 11.8. The van der Waals surface area contributed by atoms with Crippen LogP contribution in [0.3, 0.4) is 0 Å². The molecule has 194 valence electrons. The molecule has 0 radical (unpaired) electrons. The van der Waals surface area contributed by atoms with Crippen molar-refractivity contribution in [1.29, 1.82) is 0 Å². The Morgan fingerprint density at radius 2 is 0.725 bits per heavy atom. The van der Waals surface area contributed by atoms with E-state index in [1.54, 1.807) is 0 Å². The minimum absolute atomic E-state index is 0.131. The molecule has 6 aromatic rings. The number of carbonyl (C=O) groups excluding carboxylic acids is 1. The van der Waals surface area contributed by atoms with Crippen LogP contribution in [0.25, 0.3) is 0 Å². The molecule has 0 saturated carbocycles. The number of rotatable bonds is 7. The summed E-state index contributed by atoms with van der Waals surface area (Å²) >= 11 is 0. The van der Waals surface area contributed by atoms with Gasteiger partial charge in [-0.05, 0) is 0 Å². The first-order chi connectivity index (χ1) is 19.8. The summed E-state index contributed by atoms with van der Waals surface area (Å²) in [7, 11) is 0. The van der Waals surface area contributed by atoms with Gasteiger partial charge in [0.2, 0.25) is 12.3 Å². The molecule has 1 aromatic heterocycles. The first-order valence-corrected chi connectivity index (χ1v) is 13.7. The van der Waals surface area contributed by atoms with Gasteiger partial charge in [-0.3, -0.25) is 4.79 Å². The molecule has 0 bridgehead atoms. The maximum Gasteiger partial charge on any atom is 0.227 e. The second-order valence-corrected chi connectivity index (χ2v) is 9.85. The fraction of sp³-hybridized carbons (Fsp3) is 0.0270. The molecule has 6 rings (SSSR count). The number of Topliss-reactive ketones (excluding diaryl/α,β-unsaturated/α-hetero) is 1. The van der Waals surface area contributed by atoms with Crippen LogP contribution in [0.15, 0.2) is 182 Å². The number of hydrogen-bond donors (Lipinski definition) is 0. The van der Waals surface area contributed by atoms with Gasteiger partial charge in [0.1, 0.15) is 6.15 Å². The van der Waals surface area contributed by atoms with Gasteiger partial charge in [-0.15, -0.1) is 0 Å². The Morgan fingerprint density at radius 1 is 0.425 bits per heavy atom. The van der Waals surface area contributed by atoms with Gasteiger partial charge in [0.05, 0.1) is 0 Å². The maximum atomic E-state index is 11.8. The first kappa shape index (κ1) is 26.6. The van der Waals surface area contributed by atoms with E-state index in [1.807, 2.05) is 65.5 Å². The summed E-state index contributed by atoms with van der Waals surface area (Å²) in [5, 5.41) is 0. The van der Waals surface area contributed by atoms with Gasteiger partial charge in [-0.2, -0.15) is 26.4 Å². The Bertz CT molecular complexity index is 1430. The smallest absolute Gasteiger partial charge is 0.227 e. The number of nitrogens with zero attached hydrogens (tertiary/aromatic N) is 1. The van der Waals surface area contributed by atoms with Crippen molar-refractivity contribution < 1.29 is 9.36 Å². The van der Waals surface area contributed by atoms with Gasteiger partial charge in [0, 0.05) is 17.7 Å². The van der Waals surface area contributed by atoms with Crippen LogP contribution in [0.1, 0.15) is 10.4 Å². The van der Waals surface area contributed by atoms with Crippen molar-refractivity contribution in [3.8, 4) is 0 Å². The first-order valence-electron chi connectivity index (χ1n) is 13.7. The molecule has 40 heavy (non-hydrogen) atoms. The summed E-state index contributed by atoms with van der Waals surface area (Å²) in [6.07, 6.45) is 2.56. The number of ketones is 1. The highest BCUT2D eigenvalue weighted by Gasteiger charge is 2.31. The zero-order valence-corrected chi connectivity index (χ0v) is 22.5. The van der Waals surface area contributed by atoms with Crippen molar-refractivity contribution in [2.75, 3.05) is 0 Å². The van der Waals surface area contributed by atoms with E-state index in [0.29, 0.717) is 6.54 Å². The Morgan fingerprint density at radius 3 is 1.07 bits per heavy atom. The molecular weight excluding hydrogens is 485 g/mol. The molecule has 0 spiro atoms. The standard InChI is InChI=1S/C24H20B.C13H12NO/c1-5-13-21(14-6-1)25(22-15-7-2-8-16-22,23-17-9-3-10-18-23)24-19-11-4-12-20-24;15-13(12-7-3-1-4-8-12)11-14-9-5-2-6-10-14/h1-20H;1-10H,11H2/q-1;+1. The van der Waals surface area contributed by atoms with Crippen LogP contribution in [0.2, 0.25) is 0 Å². The Kier molecular flexibility index (Phi) is 8.75. The predicted molar refractivity (Wildman–Crippen MR) is 167 cm³/mol. The van der Waals surface area contributed by atoms with Crippen LogP contribution >= 0.6 is 0 Å². The molecule has 0 amide bonds. The molecule has 0 aliphatic heterocycles. The number of benzene rings is 5. The Balaban J connectivity index is 0.000000184. The third-order valence-electron chi connectivity index (χ3n) is 7.40. The Labute approximate surface area is 237 Å². The third-order valence-corrected chi connectivity index (χ3v) is 7.40. The van der Waals surface area contributed by atoms with Gasteiger partial charge in [0.15, 0.2) is 12.4 Å². The number of carbonyl (C=O) groups is 1. The minimum Gasteiger partial charge on any atom is -0.287 e. The molecule has 0 atom stereocenters. The van der Waals surface area contributed by atoms with E-state index in [2.05, 4.69) is 121 Å². The number of aromatic nitrogens is 1. The van der Waals surface area contributed by atoms with E-state index in [-0.39, 0.29) is 5.78 Å². The highest BCUT2D eigenvalue weighted by molar-refractivity contribution is 7.19. The lowest BCUT2D eigenvalue weighted by Gasteiger charge is -2.44. The molecule has 0 unspecified atom stereocenters. The number of pyridine rings is 1.